The Hall–Kier alpha value is -1.62. The van der Waals surface area contributed by atoms with Gasteiger partial charge in [-0.3, -0.25) is 4.99 Å². The molecule has 5 heteroatoms. The summed E-state index contributed by atoms with van der Waals surface area (Å²) in [6.45, 7) is 7.03. The lowest BCUT2D eigenvalue weighted by Gasteiger charge is -2.30. The van der Waals surface area contributed by atoms with Gasteiger partial charge in [-0.15, -0.1) is 0 Å². The van der Waals surface area contributed by atoms with Crippen LogP contribution in [-0.2, 0) is 0 Å². The maximum atomic E-state index is 13.7. The lowest BCUT2D eigenvalue weighted by Crippen LogP contribution is -2.44. The van der Waals surface area contributed by atoms with Crippen molar-refractivity contribution in [3.63, 3.8) is 0 Å². The van der Waals surface area contributed by atoms with Crippen LogP contribution in [0.15, 0.2) is 23.2 Å². The van der Waals surface area contributed by atoms with Crippen LogP contribution in [-0.4, -0.2) is 44.6 Å². The number of rotatable bonds is 4. The van der Waals surface area contributed by atoms with Gasteiger partial charge < -0.3 is 15.5 Å². The first kappa shape index (κ1) is 17.7. The summed E-state index contributed by atoms with van der Waals surface area (Å²) >= 11 is 0. The van der Waals surface area contributed by atoms with Gasteiger partial charge in [0.05, 0.1) is 6.04 Å². The van der Waals surface area contributed by atoms with Gasteiger partial charge in [-0.25, -0.2) is 4.39 Å². The number of guanidine groups is 1. The van der Waals surface area contributed by atoms with Gasteiger partial charge in [0.15, 0.2) is 5.96 Å². The summed E-state index contributed by atoms with van der Waals surface area (Å²) < 4.78 is 13.7. The summed E-state index contributed by atoms with van der Waals surface area (Å²) in [7, 11) is 3.94. The SMILES string of the molecule is CN=C(NCC1CCCN(C)C1)NC(C)c1ccc(C)c(F)c1. The average molecular weight is 320 g/mol. The molecule has 4 nitrogen and oxygen atoms in total. The minimum atomic E-state index is -0.163. The molecule has 1 aliphatic rings. The molecule has 1 heterocycles. The molecule has 0 radical (unpaired) electrons. The molecule has 0 saturated carbocycles. The zero-order valence-corrected chi connectivity index (χ0v) is 14.7. The topological polar surface area (TPSA) is 39.7 Å². The van der Waals surface area contributed by atoms with Crippen molar-refractivity contribution in [1.82, 2.24) is 15.5 Å². The van der Waals surface area contributed by atoms with Crippen LogP contribution < -0.4 is 10.6 Å². The predicted molar refractivity (Wildman–Crippen MR) is 94.3 cm³/mol. The van der Waals surface area contributed by atoms with Crippen LogP contribution in [0, 0.1) is 18.7 Å². The maximum absolute atomic E-state index is 13.7. The second kappa shape index (κ2) is 8.29. The normalized spacial score (nSPS) is 21.1. The van der Waals surface area contributed by atoms with E-state index in [0.29, 0.717) is 11.5 Å². The lowest BCUT2D eigenvalue weighted by atomic mass is 9.98. The molecule has 1 aromatic rings. The van der Waals surface area contributed by atoms with E-state index in [1.165, 1.54) is 19.4 Å². The minimum Gasteiger partial charge on any atom is -0.356 e. The molecule has 128 valence electrons. The molecule has 0 aliphatic carbocycles. The molecule has 23 heavy (non-hydrogen) atoms. The van der Waals surface area contributed by atoms with Gasteiger partial charge in [0, 0.05) is 20.1 Å². The molecule has 1 aromatic carbocycles. The first-order valence-corrected chi connectivity index (χ1v) is 8.41. The van der Waals surface area contributed by atoms with Crippen molar-refractivity contribution in [1.29, 1.82) is 0 Å². The number of aliphatic imine (C=N–C) groups is 1. The maximum Gasteiger partial charge on any atom is 0.191 e. The van der Waals surface area contributed by atoms with Crippen LogP contribution in [0.5, 0.6) is 0 Å². The minimum absolute atomic E-state index is 0.00493. The first-order chi connectivity index (χ1) is 11.0. The van der Waals surface area contributed by atoms with Crippen molar-refractivity contribution in [3.05, 3.63) is 35.1 Å². The van der Waals surface area contributed by atoms with Gasteiger partial charge in [-0.2, -0.15) is 0 Å². The summed E-state index contributed by atoms with van der Waals surface area (Å²) in [6.07, 6.45) is 2.51. The standard InChI is InChI=1S/C18H29FN4/c1-13-7-8-16(10-17(13)19)14(2)22-18(20-3)21-11-15-6-5-9-23(4)12-15/h7-8,10,14-15H,5-6,9,11-12H2,1-4H3,(H2,20,21,22). The second-order valence-corrected chi connectivity index (χ2v) is 6.60. The first-order valence-electron chi connectivity index (χ1n) is 8.41. The molecule has 0 amide bonds. The number of nitrogens with one attached hydrogen (secondary N) is 2. The number of benzene rings is 1. The van der Waals surface area contributed by atoms with E-state index < -0.39 is 0 Å². The highest BCUT2D eigenvalue weighted by atomic mass is 19.1. The molecule has 1 fully saturated rings. The summed E-state index contributed by atoms with van der Waals surface area (Å²) in [4.78, 5) is 6.66. The molecule has 0 bridgehead atoms. The number of hydrogen-bond acceptors (Lipinski definition) is 2. The number of nitrogens with zero attached hydrogens (tertiary/aromatic N) is 2. The smallest absolute Gasteiger partial charge is 0.191 e. The second-order valence-electron chi connectivity index (χ2n) is 6.60. The number of piperidine rings is 1. The van der Waals surface area contributed by atoms with Crippen molar-refractivity contribution in [3.8, 4) is 0 Å². The van der Waals surface area contributed by atoms with Gasteiger partial charge in [0.2, 0.25) is 0 Å². The quantitative estimate of drug-likeness (QED) is 0.662. The van der Waals surface area contributed by atoms with E-state index in [4.69, 9.17) is 0 Å². The largest absolute Gasteiger partial charge is 0.356 e. The van der Waals surface area contributed by atoms with Crippen LogP contribution in [0.4, 0.5) is 4.39 Å². The van der Waals surface area contributed by atoms with E-state index in [1.807, 2.05) is 19.1 Å². The number of aryl methyl sites for hydroxylation is 1. The van der Waals surface area contributed by atoms with Crippen LogP contribution in [0.1, 0.15) is 36.9 Å². The zero-order valence-electron chi connectivity index (χ0n) is 14.7. The van der Waals surface area contributed by atoms with E-state index in [2.05, 4.69) is 27.6 Å². The predicted octanol–water partition coefficient (Wildman–Crippen LogP) is 2.70. The van der Waals surface area contributed by atoms with Crippen molar-refractivity contribution >= 4 is 5.96 Å². The van der Waals surface area contributed by atoms with Gasteiger partial charge in [-0.1, -0.05) is 12.1 Å². The van der Waals surface area contributed by atoms with Gasteiger partial charge in [-0.05, 0) is 63.4 Å². The molecule has 2 rings (SSSR count). The van der Waals surface area contributed by atoms with Crippen molar-refractivity contribution in [2.24, 2.45) is 10.9 Å². The van der Waals surface area contributed by atoms with E-state index >= 15 is 0 Å². The van der Waals surface area contributed by atoms with E-state index in [1.54, 1.807) is 20.0 Å². The fourth-order valence-corrected chi connectivity index (χ4v) is 3.04. The fraction of sp³-hybridized carbons (Fsp3) is 0.611. The fourth-order valence-electron chi connectivity index (χ4n) is 3.04. The Bertz CT molecular complexity index is 544. The third-order valence-corrected chi connectivity index (χ3v) is 4.55. The molecular formula is C18H29FN4. The third kappa shape index (κ3) is 5.20. The molecule has 0 aromatic heterocycles. The van der Waals surface area contributed by atoms with Gasteiger partial charge >= 0.3 is 0 Å². The molecule has 0 spiro atoms. The van der Waals surface area contributed by atoms with Crippen LogP contribution in [0.2, 0.25) is 0 Å². The molecule has 2 atom stereocenters. The summed E-state index contributed by atoms with van der Waals surface area (Å²) in [5, 5.41) is 6.74. The number of hydrogen-bond donors (Lipinski definition) is 2. The Kier molecular flexibility index (Phi) is 6.39. The summed E-state index contributed by atoms with van der Waals surface area (Å²) in [5.74, 6) is 1.26. The van der Waals surface area contributed by atoms with Crippen LogP contribution in [0.25, 0.3) is 0 Å². The average Bonchev–Trinajstić information content (AvgIpc) is 2.53. The molecule has 2 unspecified atom stereocenters. The Morgan fingerprint density at radius 1 is 1.48 bits per heavy atom. The highest BCUT2D eigenvalue weighted by Gasteiger charge is 2.17. The van der Waals surface area contributed by atoms with E-state index in [9.17, 15) is 4.39 Å². The highest BCUT2D eigenvalue weighted by Crippen LogP contribution is 2.16. The molecule has 2 N–H and O–H groups in total. The number of likely N-dealkylation sites (tertiary alicyclic amines) is 1. The Balaban J connectivity index is 1.87. The monoisotopic (exact) mass is 320 g/mol. The van der Waals surface area contributed by atoms with Gasteiger partial charge in [0.25, 0.3) is 0 Å². The zero-order chi connectivity index (χ0) is 16.8. The van der Waals surface area contributed by atoms with Crippen LogP contribution in [0.3, 0.4) is 0 Å². The number of halogens is 1. The summed E-state index contributed by atoms with van der Waals surface area (Å²) in [5.41, 5.74) is 1.60. The van der Waals surface area contributed by atoms with Crippen LogP contribution >= 0.6 is 0 Å². The van der Waals surface area contributed by atoms with Crippen molar-refractivity contribution in [2.75, 3.05) is 33.7 Å². The van der Waals surface area contributed by atoms with Crippen molar-refractivity contribution < 1.29 is 4.39 Å². The Labute approximate surface area is 139 Å². The highest BCUT2D eigenvalue weighted by molar-refractivity contribution is 5.80. The lowest BCUT2D eigenvalue weighted by molar-refractivity contribution is 0.210. The Morgan fingerprint density at radius 2 is 2.26 bits per heavy atom. The summed E-state index contributed by atoms with van der Waals surface area (Å²) in [6, 6.07) is 5.37. The Morgan fingerprint density at radius 3 is 2.91 bits per heavy atom. The van der Waals surface area contributed by atoms with Gasteiger partial charge in [0.1, 0.15) is 5.82 Å². The van der Waals surface area contributed by atoms with E-state index in [-0.39, 0.29) is 11.9 Å². The molecular weight excluding hydrogens is 291 g/mol. The molecule has 1 saturated heterocycles. The van der Waals surface area contributed by atoms with E-state index in [0.717, 1.165) is 24.6 Å². The third-order valence-electron chi connectivity index (χ3n) is 4.55. The molecule has 1 aliphatic heterocycles. The van der Waals surface area contributed by atoms with Crippen molar-refractivity contribution in [2.45, 2.75) is 32.7 Å².